The SMILES string of the molecule is CC(C)Oc1nc(NN)nc(NCCNS(C)(=O)=O)n1. The number of aromatic nitrogens is 3. The van der Waals surface area contributed by atoms with Crippen LogP contribution in [0.4, 0.5) is 11.9 Å². The average molecular weight is 305 g/mol. The Hall–Kier alpha value is -1.72. The Bertz CT molecular complexity index is 534. The molecule has 0 bridgehead atoms. The summed E-state index contributed by atoms with van der Waals surface area (Å²) in [4.78, 5) is 11.9. The number of nitrogen functional groups attached to an aromatic ring is 1. The van der Waals surface area contributed by atoms with E-state index in [9.17, 15) is 8.42 Å². The lowest BCUT2D eigenvalue weighted by molar-refractivity contribution is 0.222. The molecular formula is C9H19N7O3S. The van der Waals surface area contributed by atoms with Crippen LogP contribution in [0, 0.1) is 0 Å². The lowest BCUT2D eigenvalue weighted by atomic mass is 10.5. The van der Waals surface area contributed by atoms with Crippen molar-refractivity contribution in [3.8, 4) is 6.01 Å². The molecule has 10 nitrogen and oxygen atoms in total. The maximum atomic E-state index is 10.9. The molecule has 0 aliphatic rings. The number of hydrogen-bond donors (Lipinski definition) is 4. The molecule has 0 spiro atoms. The highest BCUT2D eigenvalue weighted by Gasteiger charge is 2.08. The molecule has 11 heteroatoms. The second-order valence-corrected chi connectivity index (χ2v) is 6.00. The lowest BCUT2D eigenvalue weighted by Crippen LogP contribution is -2.28. The van der Waals surface area contributed by atoms with Crippen LogP contribution in [0.15, 0.2) is 0 Å². The van der Waals surface area contributed by atoms with Gasteiger partial charge in [0, 0.05) is 13.1 Å². The van der Waals surface area contributed by atoms with Crippen LogP contribution >= 0.6 is 0 Å². The van der Waals surface area contributed by atoms with E-state index in [0.717, 1.165) is 6.26 Å². The molecule has 1 heterocycles. The van der Waals surface area contributed by atoms with Crippen molar-refractivity contribution in [3.63, 3.8) is 0 Å². The highest BCUT2D eigenvalue weighted by Crippen LogP contribution is 2.11. The summed E-state index contributed by atoms with van der Waals surface area (Å²) >= 11 is 0. The van der Waals surface area contributed by atoms with Crippen molar-refractivity contribution < 1.29 is 13.2 Å². The number of sulfonamides is 1. The molecule has 0 unspecified atom stereocenters. The monoisotopic (exact) mass is 305 g/mol. The van der Waals surface area contributed by atoms with Gasteiger partial charge < -0.3 is 10.1 Å². The fraction of sp³-hybridized carbons (Fsp3) is 0.667. The number of nitrogens with one attached hydrogen (secondary N) is 3. The van der Waals surface area contributed by atoms with Gasteiger partial charge in [0.1, 0.15) is 0 Å². The molecule has 0 aromatic carbocycles. The first-order valence-corrected chi connectivity index (χ1v) is 7.77. The zero-order valence-electron chi connectivity index (χ0n) is 11.5. The number of rotatable bonds is 8. The molecule has 0 aliphatic heterocycles. The lowest BCUT2D eigenvalue weighted by Gasteiger charge is -2.11. The first-order chi connectivity index (χ1) is 9.30. The van der Waals surface area contributed by atoms with Crippen molar-refractivity contribution >= 4 is 21.9 Å². The van der Waals surface area contributed by atoms with Crippen LogP contribution < -0.4 is 26.0 Å². The minimum absolute atomic E-state index is 0.0947. The van der Waals surface area contributed by atoms with Gasteiger partial charge in [0.25, 0.3) is 0 Å². The third-order valence-electron chi connectivity index (χ3n) is 1.86. The maximum Gasteiger partial charge on any atom is 0.323 e. The van der Waals surface area contributed by atoms with Gasteiger partial charge in [-0.05, 0) is 13.8 Å². The highest BCUT2D eigenvalue weighted by atomic mass is 32.2. The zero-order valence-corrected chi connectivity index (χ0v) is 12.4. The van der Waals surface area contributed by atoms with Crippen molar-refractivity contribution in [2.24, 2.45) is 5.84 Å². The summed E-state index contributed by atoms with van der Waals surface area (Å²) in [5.74, 6) is 5.64. The molecule has 0 amide bonds. The Morgan fingerprint density at radius 1 is 1.20 bits per heavy atom. The smallest absolute Gasteiger partial charge is 0.323 e. The van der Waals surface area contributed by atoms with E-state index in [1.165, 1.54) is 0 Å². The topological polar surface area (TPSA) is 144 Å². The van der Waals surface area contributed by atoms with E-state index in [0.29, 0.717) is 6.54 Å². The van der Waals surface area contributed by atoms with Crippen LogP contribution in [0.5, 0.6) is 6.01 Å². The van der Waals surface area contributed by atoms with E-state index in [1.807, 2.05) is 13.8 Å². The van der Waals surface area contributed by atoms with Crippen LogP contribution in [-0.2, 0) is 10.0 Å². The number of nitrogens with zero attached hydrogens (tertiary/aromatic N) is 3. The zero-order chi connectivity index (χ0) is 15.2. The second-order valence-electron chi connectivity index (χ2n) is 4.17. The molecule has 20 heavy (non-hydrogen) atoms. The maximum absolute atomic E-state index is 10.9. The molecule has 5 N–H and O–H groups in total. The molecule has 0 radical (unpaired) electrons. The van der Waals surface area contributed by atoms with Gasteiger partial charge in [-0.3, -0.25) is 5.43 Å². The molecule has 0 fully saturated rings. The first-order valence-electron chi connectivity index (χ1n) is 5.88. The van der Waals surface area contributed by atoms with E-state index >= 15 is 0 Å². The van der Waals surface area contributed by atoms with E-state index in [2.05, 4.69) is 30.4 Å². The Morgan fingerprint density at radius 2 is 1.85 bits per heavy atom. The number of anilines is 2. The van der Waals surface area contributed by atoms with E-state index < -0.39 is 10.0 Å². The minimum atomic E-state index is -3.22. The van der Waals surface area contributed by atoms with Crippen LogP contribution in [0.3, 0.4) is 0 Å². The van der Waals surface area contributed by atoms with Gasteiger partial charge >= 0.3 is 6.01 Å². The fourth-order valence-corrected chi connectivity index (χ4v) is 1.65. The summed E-state index contributed by atoms with van der Waals surface area (Å²) in [6.07, 6.45) is 0.990. The summed E-state index contributed by atoms with van der Waals surface area (Å²) in [6.45, 7) is 4.18. The number of nitrogens with two attached hydrogens (primary N) is 1. The van der Waals surface area contributed by atoms with Crippen molar-refractivity contribution in [1.82, 2.24) is 19.7 Å². The van der Waals surface area contributed by atoms with Gasteiger partial charge in [0.05, 0.1) is 12.4 Å². The van der Waals surface area contributed by atoms with Gasteiger partial charge in [-0.2, -0.15) is 15.0 Å². The molecule has 1 rings (SSSR count). The molecule has 1 aromatic heterocycles. The Kier molecular flexibility index (Phi) is 5.85. The molecule has 0 aliphatic carbocycles. The third-order valence-corrected chi connectivity index (χ3v) is 2.59. The van der Waals surface area contributed by atoms with Crippen molar-refractivity contribution in [2.75, 3.05) is 30.1 Å². The largest absolute Gasteiger partial charge is 0.461 e. The van der Waals surface area contributed by atoms with Crippen LogP contribution in [-0.4, -0.2) is 48.8 Å². The predicted molar refractivity (Wildman–Crippen MR) is 74.7 cm³/mol. The highest BCUT2D eigenvalue weighted by molar-refractivity contribution is 7.88. The van der Waals surface area contributed by atoms with Crippen molar-refractivity contribution in [3.05, 3.63) is 0 Å². The Morgan fingerprint density at radius 3 is 2.40 bits per heavy atom. The van der Waals surface area contributed by atoms with Crippen LogP contribution in [0.25, 0.3) is 0 Å². The molecule has 114 valence electrons. The molecule has 0 atom stereocenters. The van der Waals surface area contributed by atoms with Crippen LogP contribution in [0.1, 0.15) is 13.8 Å². The van der Waals surface area contributed by atoms with Gasteiger partial charge in [-0.15, -0.1) is 0 Å². The normalized spacial score (nSPS) is 11.4. The Labute approximate surface area is 117 Å². The number of ether oxygens (including phenoxy) is 1. The van der Waals surface area contributed by atoms with Crippen LogP contribution in [0.2, 0.25) is 0 Å². The summed E-state index contributed by atoms with van der Waals surface area (Å²) in [5.41, 5.74) is 2.30. The summed E-state index contributed by atoms with van der Waals surface area (Å²) in [5, 5.41) is 2.84. The molecule has 0 saturated carbocycles. The summed E-state index contributed by atoms with van der Waals surface area (Å²) < 4.78 is 29.5. The van der Waals surface area contributed by atoms with Gasteiger partial charge in [-0.1, -0.05) is 0 Å². The summed E-state index contributed by atoms with van der Waals surface area (Å²) in [6, 6.07) is 0.126. The van der Waals surface area contributed by atoms with E-state index in [-0.39, 0.29) is 30.6 Å². The standard InChI is InChI=1S/C9H19N7O3S/c1-6(2)19-9-14-7(13-8(15-9)16-10)11-4-5-12-20(3,17)18/h6,12H,4-5,10H2,1-3H3,(H2,11,13,14,15,16). The minimum Gasteiger partial charge on any atom is -0.461 e. The van der Waals surface area contributed by atoms with E-state index in [1.54, 1.807) is 0 Å². The molecular weight excluding hydrogens is 286 g/mol. The molecule has 1 aromatic rings. The van der Waals surface area contributed by atoms with Crippen molar-refractivity contribution in [2.45, 2.75) is 20.0 Å². The quantitative estimate of drug-likeness (QED) is 0.267. The van der Waals surface area contributed by atoms with E-state index in [4.69, 9.17) is 10.6 Å². The second kappa shape index (κ2) is 7.17. The molecule has 0 saturated heterocycles. The predicted octanol–water partition coefficient (Wildman–Crippen LogP) is -1.09. The number of hydrogen-bond acceptors (Lipinski definition) is 9. The fourth-order valence-electron chi connectivity index (χ4n) is 1.17. The summed E-state index contributed by atoms with van der Waals surface area (Å²) in [7, 11) is -3.22. The van der Waals surface area contributed by atoms with Gasteiger partial charge in [-0.25, -0.2) is 19.0 Å². The Balaban J connectivity index is 2.64. The van der Waals surface area contributed by atoms with Crippen molar-refractivity contribution in [1.29, 1.82) is 0 Å². The number of hydrazine groups is 1. The van der Waals surface area contributed by atoms with Gasteiger partial charge in [0.15, 0.2) is 0 Å². The van der Waals surface area contributed by atoms with Gasteiger partial charge in [0.2, 0.25) is 21.9 Å². The third kappa shape index (κ3) is 6.45. The average Bonchev–Trinajstić information content (AvgIpc) is 2.32. The first kappa shape index (κ1) is 16.3.